The Kier molecular flexibility index (Phi) is 5.25. The smallest absolute Gasteiger partial charge is 0.289 e. The first-order valence-corrected chi connectivity index (χ1v) is 10.3. The Labute approximate surface area is 185 Å². The molecule has 0 spiro atoms. The van der Waals surface area contributed by atoms with Crippen LogP contribution in [-0.4, -0.2) is 34.1 Å². The summed E-state index contributed by atoms with van der Waals surface area (Å²) < 4.78 is 11.4. The van der Waals surface area contributed by atoms with E-state index in [4.69, 9.17) is 9.47 Å². The maximum atomic E-state index is 5.97. The van der Waals surface area contributed by atoms with Crippen LogP contribution in [0.3, 0.4) is 0 Å². The Balaban J connectivity index is 1.38. The summed E-state index contributed by atoms with van der Waals surface area (Å²) in [6, 6.07) is 16.2. The topological polar surface area (TPSA) is 93.6 Å². The first-order chi connectivity index (χ1) is 15.6. The van der Waals surface area contributed by atoms with Crippen LogP contribution in [0.5, 0.6) is 11.5 Å². The molecule has 0 amide bonds. The maximum Gasteiger partial charge on any atom is 0.289 e. The molecule has 160 valence electrons. The van der Waals surface area contributed by atoms with E-state index >= 15 is 0 Å². The Morgan fingerprint density at radius 3 is 2.56 bits per heavy atom. The van der Waals surface area contributed by atoms with E-state index in [-0.39, 0.29) is 0 Å². The van der Waals surface area contributed by atoms with Crippen molar-refractivity contribution in [2.75, 3.05) is 23.8 Å². The largest absolute Gasteiger partial charge is 0.463 e. The van der Waals surface area contributed by atoms with Crippen molar-refractivity contribution in [2.45, 2.75) is 13.8 Å². The van der Waals surface area contributed by atoms with Crippen LogP contribution in [0.1, 0.15) is 11.3 Å². The number of hydrogen-bond donors (Lipinski definition) is 2. The fourth-order valence-corrected chi connectivity index (χ4v) is 3.39. The van der Waals surface area contributed by atoms with E-state index in [0.29, 0.717) is 30.7 Å². The lowest BCUT2D eigenvalue weighted by atomic mass is 10.1. The summed E-state index contributed by atoms with van der Waals surface area (Å²) in [7, 11) is 0. The maximum absolute atomic E-state index is 5.97. The van der Waals surface area contributed by atoms with E-state index in [9.17, 15) is 0 Å². The number of aliphatic imine (C=N–C) groups is 1. The molecule has 0 unspecified atom stereocenters. The van der Waals surface area contributed by atoms with Crippen LogP contribution in [0, 0.1) is 13.8 Å². The van der Waals surface area contributed by atoms with Gasteiger partial charge < -0.3 is 20.1 Å². The third kappa shape index (κ3) is 4.29. The average Bonchev–Trinajstić information content (AvgIpc) is 3.30. The first kappa shape index (κ1) is 19.7. The van der Waals surface area contributed by atoms with Gasteiger partial charge in [-0.1, -0.05) is 0 Å². The van der Waals surface area contributed by atoms with Gasteiger partial charge in [0.05, 0.1) is 18.3 Å². The molecular weight excluding hydrogens is 404 g/mol. The quantitative estimate of drug-likeness (QED) is 0.465. The zero-order chi connectivity index (χ0) is 21.9. The van der Waals surface area contributed by atoms with Gasteiger partial charge in [0.15, 0.2) is 0 Å². The molecule has 8 heteroatoms. The van der Waals surface area contributed by atoms with Crippen molar-refractivity contribution < 1.29 is 9.47 Å². The van der Waals surface area contributed by atoms with Gasteiger partial charge in [-0.15, -0.1) is 0 Å². The summed E-state index contributed by atoms with van der Waals surface area (Å²) in [6.45, 7) is 5.23. The van der Waals surface area contributed by atoms with Gasteiger partial charge in [-0.05, 0) is 67.9 Å². The number of ether oxygens (including phenoxy) is 2. The lowest BCUT2D eigenvalue weighted by Crippen LogP contribution is -2.11. The molecule has 2 aromatic heterocycles. The molecule has 1 aliphatic rings. The second kappa shape index (κ2) is 8.50. The normalized spacial score (nSPS) is 12.9. The second-order valence-electron chi connectivity index (χ2n) is 7.46. The molecule has 0 radical (unpaired) electrons. The van der Waals surface area contributed by atoms with Crippen LogP contribution in [0.4, 0.5) is 17.2 Å². The minimum absolute atomic E-state index is 0.533. The standard InChI is InChI=1S/C24H22N6O2/c1-15-11-17(5-8-22(15)32-19-6-3-16(2)26-13-19)29-23-20-12-18(30-24-25-9-10-31-24)4-7-21(20)27-14-28-23/h3-8,11-14H,9-10H2,1-2H3,(H,25,30)(H,27,28,29). The monoisotopic (exact) mass is 426 g/mol. The van der Waals surface area contributed by atoms with Gasteiger partial charge in [0.25, 0.3) is 6.02 Å². The molecule has 3 heterocycles. The van der Waals surface area contributed by atoms with Crippen molar-refractivity contribution in [1.82, 2.24) is 15.0 Å². The second-order valence-corrected chi connectivity index (χ2v) is 7.46. The molecule has 5 rings (SSSR count). The summed E-state index contributed by atoms with van der Waals surface area (Å²) in [5, 5.41) is 7.48. The van der Waals surface area contributed by atoms with Gasteiger partial charge >= 0.3 is 0 Å². The fourth-order valence-electron chi connectivity index (χ4n) is 3.39. The van der Waals surface area contributed by atoms with Crippen molar-refractivity contribution in [3.05, 3.63) is 72.3 Å². The minimum atomic E-state index is 0.533. The molecule has 4 aromatic rings. The number of rotatable bonds is 5. The van der Waals surface area contributed by atoms with Gasteiger partial charge in [0.1, 0.15) is 30.3 Å². The van der Waals surface area contributed by atoms with Gasteiger partial charge in [0, 0.05) is 22.5 Å². The Bertz CT molecular complexity index is 1300. The minimum Gasteiger partial charge on any atom is -0.463 e. The number of benzene rings is 2. The third-order valence-electron chi connectivity index (χ3n) is 5.02. The molecule has 0 atom stereocenters. The zero-order valence-electron chi connectivity index (χ0n) is 17.8. The number of nitrogens with one attached hydrogen (secondary N) is 2. The summed E-state index contributed by atoms with van der Waals surface area (Å²) in [5.74, 6) is 2.19. The molecule has 0 fully saturated rings. The molecular formula is C24H22N6O2. The molecule has 0 saturated heterocycles. The molecule has 32 heavy (non-hydrogen) atoms. The van der Waals surface area contributed by atoms with Crippen LogP contribution >= 0.6 is 0 Å². The van der Waals surface area contributed by atoms with Crippen LogP contribution in [0.15, 0.2) is 66.0 Å². The molecule has 1 aliphatic heterocycles. The van der Waals surface area contributed by atoms with E-state index in [0.717, 1.165) is 39.3 Å². The highest BCUT2D eigenvalue weighted by molar-refractivity contribution is 5.97. The van der Waals surface area contributed by atoms with Crippen LogP contribution in [-0.2, 0) is 4.74 Å². The highest BCUT2D eigenvalue weighted by Crippen LogP contribution is 2.30. The van der Waals surface area contributed by atoms with Crippen LogP contribution in [0.25, 0.3) is 10.9 Å². The predicted molar refractivity (Wildman–Crippen MR) is 125 cm³/mol. The summed E-state index contributed by atoms with van der Waals surface area (Å²) in [5.41, 5.74) is 4.55. The Morgan fingerprint density at radius 1 is 0.906 bits per heavy atom. The Hall–Kier alpha value is -4.20. The van der Waals surface area contributed by atoms with Crippen molar-refractivity contribution in [3.63, 3.8) is 0 Å². The number of amidine groups is 1. The van der Waals surface area contributed by atoms with Crippen molar-refractivity contribution >= 4 is 34.1 Å². The molecule has 2 N–H and O–H groups in total. The van der Waals surface area contributed by atoms with Crippen molar-refractivity contribution in [2.24, 2.45) is 4.99 Å². The summed E-state index contributed by atoms with van der Waals surface area (Å²) in [4.78, 5) is 17.4. The van der Waals surface area contributed by atoms with Crippen LogP contribution in [0.2, 0.25) is 0 Å². The first-order valence-electron chi connectivity index (χ1n) is 10.3. The van der Waals surface area contributed by atoms with Gasteiger partial charge in [-0.25, -0.2) is 15.0 Å². The predicted octanol–water partition coefficient (Wildman–Crippen LogP) is 4.98. The van der Waals surface area contributed by atoms with Crippen LogP contribution < -0.4 is 15.4 Å². The summed E-state index contributed by atoms with van der Waals surface area (Å²) in [6.07, 6.45) is 3.28. The zero-order valence-corrected chi connectivity index (χ0v) is 17.8. The highest BCUT2D eigenvalue weighted by atomic mass is 16.5. The van der Waals surface area contributed by atoms with Gasteiger partial charge in [0.2, 0.25) is 0 Å². The summed E-state index contributed by atoms with van der Waals surface area (Å²) >= 11 is 0. The molecule has 0 aliphatic carbocycles. The average molecular weight is 426 g/mol. The SMILES string of the molecule is Cc1ccc(Oc2ccc(Nc3ncnc4ccc(NC5=NCCO5)cc34)cc2C)cn1. The highest BCUT2D eigenvalue weighted by Gasteiger charge is 2.11. The van der Waals surface area contributed by atoms with Crippen molar-refractivity contribution in [3.8, 4) is 11.5 Å². The van der Waals surface area contributed by atoms with E-state index < -0.39 is 0 Å². The number of fused-ring (bicyclic) bond motifs is 1. The van der Waals surface area contributed by atoms with E-state index in [1.165, 1.54) is 0 Å². The van der Waals surface area contributed by atoms with Gasteiger partial charge in [-0.3, -0.25) is 4.98 Å². The third-order valence-corrected chi connectivity index (χ3v) is 5.02. The number of hydrogen-bond acceptors (Lipinski definition) is 8. The Morgan fingerprint density at radius 2 is 1.78 bits per heavy atom. The van der Waals surface area contributed by atoms with E-state index in [2.05, 4.69) is 30.6 Å². The molecule has 8 nitrogen and oxygen atoms in total. The fraction of sp³-hybridized carbons (Fsp3) is 0.167. The number of pyridine rings is 1. The molecule has 0 saturated carbocycles. The van der Waals surface area contributed by atoms with E-state index in [1.54, 1.807) is 12.5 Å². The molecule has 0 bridgehead atoms. The lowest BCUT2D eigenvalue weighted by Gasteiger charge is -2.13. The van der Waals surface area contributed by atoms with Gasteiger partial charge in [-0.2, -0.15) is 0 Å². The number of aromatic nitrogens is 3. The number of anilines is 3. The lowest BCUT2D eigenvalue weighted by molar-refractivity contribution is 0.346. The van der Waals surface area contributed by atoms with E-state index in [1.807, 2.05) is 62.4 Å². The molecule has 2 aromatic carbocycles. The van der Waals surface area contributed by atoms with Crippen molar-refractivity contribution in [1.29, 1.82) is 0 Å². The number of nitrogens with zero attached hydrogens (tertiary/aromatic N) is 4. The number of aryl methyl sites for hydroxylation is 2.